The van der Waals surface area contributed by atoms with Crippen LogP contribution in [0, 0.1) is 0 Å². The topological polar surface area (TPSA) is 41.6 Å². The summed E-state index contributed by atoms with van der Waals surface area (Å²) in [5.41, 5.74) is 0. The number of nitrogens with one attached hydrogen (secondary N) is 1. The van der Waals surface area contributed by atoms with Gasteiger partial charge in [0.05, 0.1) is 12.2 Å². The van der Waals surface area contributed by atoms with Crippen LogP contribution in [0.5, 0.6) is 0 Å². The number of ether oxygens (including phenoxy) is 1. The average molecular weight is 200 g/mol. The van der Waals surface area contributed by atoms with Gasteiger partial charge in [-0.3, -0.25) is 0 Å². The maximum Gasteiger partial charge on any atom is 0.317 e. The molecule has 0 atom stereocenters. The number of urea groups is 1. The van der Waals surface area contributed by atoms with Gasteiger partial charge in [-0.15, -0.1) is 0 Å². The average Bonchev–Trinajstić information content (AvgIpc) is 2.17. The minimum Gasteiger partial charge on any atom is -0.375 e. The number of amides is 2. The molecule has 0 saturated carbocycles. The second-order valence-corrected chi connectivity index (χ2v) is 3.93. The third kappa shape index (κ3) is 3.18. The van der Waals surface area contributed by atoms with Gasteiger partial charge in [-0.05, 0) is 26.7 Å². The summed E-state index contributed by atoms with van der Waals surface area (Å²) in [4.78, 5) is 13.1. The maximum absolute atomic E-state index is 11.3. The quantitative estimate of drug-likeness (QED) is 0.728. The Morgan fingerprint density at radius 3 is 2.43 bits per heavy atom. The van der Waals surface area contributed by atoms with E-state index in [1.807, 2.05) is 18.7 Å². The molecule has 0 aromatic rings. The van der Waals surface area contributed by atoms with Gasteiger partial charge in [-0.1, -0.05) is 0 Å². The van der Waals surface area contributed by atoms with Crippen LogP contribution >= 0.6 is 0 Å². The lowest BCUT2D eigenvalue weighted by Gasteiger charge is -2.32. The van der Waals surface area contributed by atoms with E-state index >= 15 is 0 Å². The first-order valence-corrected chi connectivity index (χ1v) is 5.25. The molecular weight excluding hydrogens is 180 g/mol. The van der Waals surface area contributed by atoms with E-state index in [0.717, 1.165) is 25.9 Å². The number of carbonyl (C=O) groups excluding carboxylic acids is 1. The van der Waals surface area contributed by atoms with Crippen molar-refractivity contribution in [3.05, 3.63) is 0 Å². The highest BCUT2D eigenvalue weighted by Gasteiger charge is 2.22. The van der Waals surface area contributed by atoms with Crippen molar-refractivity contribution in [2.75, 3.05) is 20.1 Å². The summed E-state index contributed by atoms with van der Waals surface area (Å²) in [5, 5.41) is 2.64. The molecule has 0 aliphatic carbocycles. The van der Waals surface area contributed by atoms with Gasteiger partial charge in [0.2, 0.25) is 0 Å². The Kier molecular flexibility index (Phi) is 4.20. The zero-order chi connectivity index (χ0) is 10.6. The predicted octanol–water partition coefficient (Wildman–Crippen LogP) is 1.22. The summed E-state index contributed by atoms with van der Waals surface area (Å²) in [6, 6.07) is 0.0213. The molecule has 0 unspecified atom stereocenters. The van der Waals surface area contributed by atoms with Gasteiger partial charge in [0.25, 0.3) is 0 Å². The van der Waals surface area contributed by atoms with Crippen LogP contribution in [0.15, 0.2) is 0 Å². The van der Waals surface area contributed by atoms with Crippen LogP contribution in [-0.2, 0) is 4.74 Å². The van der Waals surface area contributed by atoms with Crippen molar-refractivity contribution in [1.29, 1.82) is 0 Å². The van der Waals surface area contributed by atoms with E-state index in [9.17, 15) is 4.79 Å². The van der Waals surface area contributed by atoms with Crippen LogP contribution in [0.3, 0.4) is 0 Å². The summed E-state index contributed by atoms with van der Waals surface area (Å²) in [6.45, 7) is 5.70. The molecular formula is C10H20N2O2. The molecule has 4 nitrogen and oxygen atoms in total. The van der Waals surface area contributed by atoms with Crippen molar-refractivity contribution in [2.24, 2.45) is 0 Å². The Hall–Kier alpha value is -0.770. The van der Waals surface area contributed by atoms with Gasteiger partial charge in [-0.25, -0.2) is 4.79 Å². The highest BCUT2D eigenvalue weighted by Crippen LogP contribution is 2.15. The van der Waals surface area contributed by atoms with Crippen LogP contribution in [0.2, 0.25) is 0 Å². The highest BCUT2D eigenvalue weighted by molar-refractivity contribution is 5.73. The number of carbonyl (C=O) groups is 1. The van der Waals surface area contributed by atoms with Crippen molar-refractivity contribution >= 4 is 6.03 Å². The number of nitrogens with zero attached hydrogens (tertiary/aromatic N) is 1. The highest BCUT2D eigenvalue weighted by atomic mass is 16.5. The molecule has 1 fully saturated rings. The van der Waals surface area contributed by atoms with Gasteiger partial charge in [-0.2, -0.15) is 0 Å². The Morgan fingerprint density at radius 2 is 2.00 bits per heavy atom. The minimum absolute atomic E-state index is 0.0213. The molecule has 82 valence electrons. The lowest BCUT2D eigenvalue weighted by Crippen LogP contribution is -2.45. The van der Waals surface area contributed by atoms with E-state index in [1.54, 1.807) is 7.05 Å². The molecule has 2 amide bonds. The summed E-state index contributed by atoms with van der Waals surface area (Å²) in [5.74, 6) is 0. The summed E-state index contributed by atoms with van der Waals surface area (Å²) < 4.78 is 5.69. The Balaban J connectivity index is 2.27. The van der Waals surface area contributed by atoms with Crippen molar-refractivity contribution < 1.29 is 9.53 Å². The van der Waals surface area contributed by atoms with E-state index in [0.29, 0.717) is 6.10 Å². The lowest BCUT2D eigenvalue weighted by molar-refractivity contribution is -0.0209. The molecule has 0 radical (unpaired) electrons. The fourth-order valence-corrected chi connectivity index (χ4v) is 1.74. The molecule has 1 rings (SSSR count). The molecule has 0 aromatic heterocycles. The molecule has 14 heavy (non-hydrogen) atoms. The largest absolute Gasteiger partial charge is 0.375 e. The zero-order valence-electron chi connectivity index (χ0n) is 9.25. The summed E-state index contributed by atoms with van der Waals surface area (Å²) in [6.07, 6.45) is 2.51. The molecule has 1 heterocycles. The maximum atomic E-state index is 11.3. The van der Waals surface area contributed by atoms with Crippen LogP contribution in [0.25, 0.3) is 0 Å². The van der Waals surface area contributed by atoms with Gasteiger partial charge in [0.1, 0.15) is 0 Å². The van der Waals surface area contributed by atoms with E-state index < -0.39 is 0 Å². The second-order valence-electron chi connectivity index (χ2n) is 3.93. The number of likely N-dealkylation sites (tertiary alicyclic amines) is 1. The molecule has 0 spiro atoms. The third-order valence-corrected chi connectivity index (χ3v) is 2.41. The first-order valence-electron chi connectivity index (χ1n) is 5.25. The predicted molar refractivity (Wildman–Crippen MR) is 55.3 cm³/mol. The Bertz CT molecular complexity index is 187. The van der Waals surface area contributed by atoms with Gasteiger partial charge in [0.15, 0.2) is 0 Å². The normalized spacial score (nSPS) is 18.7. The molecule has 4 heteroatoms. The van der Waals surface area contributed by atoms with Gasteiger partial charge < -0.3 is 15.0 Å². The number of hydrogen-bond acceptors (Lipinski definition) is 2. The fourth-order valence-electron chi connectivity index (χ4n) is 1.74. The monoisotopic (exact) mass is 200 g/mol. The lowest BCUT2D eigenvalue weighted by atomic mass is 10.1. The first kappa shape index (κ1) is 11.3. The van der Waals surface area contributed by atoms with Crippen LogP contribution in [0.4, 0.5) is 4.79 Å². The number of piperidine rings is 1. The van der Waals surface area contributed by atoms with E-state index in [4.69, 9.17) is 4.74 Å². The fraction of sp³-hybridized carbons (Fsp3) is 0.900. The van der Waals surface area contributed by atoms with Crippen LogP contribution in [0.1, 0.15) is 26.7 Å². The van der Waals surface area contributed by atoms with Crippen molar-refractivity contribution in [3.63, 3.8) is 0 Å². The molecule has 0 aromatic carbocycles. The standard InChI is InChI=1S/C10H20N2O2/c1-8(2)14-9-4-6-12(7-5-9)10(13)11-3/h8-9H,4-7H2,1-3H3,(H,11,13). The number of hydrogen-bond donors (Lipinski definition) is 1. The smallest absolute Gasteiger partial charge is 0.317 e. The van der Waals surface area contributed by atoms with Gasteiger partial charge >= 0.3 is 6.03 Å². The SMILES string of the molecule is CNC(=O)N1CCC(OC(C)C)CC1. The molecule has 1 N–H and O–H groups in total. The van der Waals surface area contributed by atoms with Gasteiger partial charge in [0, 0.05) is 20.1 Å². The Morgan fingerprint density at radius 1 is 1.43 bits per heavy atom. The second kappa shape index (κ2) is 5.20. The molecule has 1 aliphatic heterocycles. The third-order valence-electron chi connectivity index (χ3n) is 2.41. The zero-order valence-corrected chi connectivity index (χ0v) is 9.25. The van der Waals surface area contributed by atoms with E-state index in [-0.39, 0.29) is 12.1 Å². The molecule has 1 aliphatic rings. The number of rotatable bonds is 2. The summed E-state index contributed by atoms with van der Waals surface area (Å²) >= 11 is 0. The van der Waals surface area contributed by atoms with Crippen molar-refractivity contribution in [3.8, 4) is 0 Å². The summed E-state index contributed by atoms with van der Waals surface area (Å²) in [7, 11) is 1.67. The van der Waals surface area contributed by atoms with Crippen LogP contribution in [-0.4, -0.2) is 43.3 Å². The molecule has 0 bridgehead atoms. The minimum atomic E-state index is 0.0213. The molecule has 1 saturated heterocycles. The van der Waals surface area contributed by atoms with E-state index in [2.05, 4.69) is 5.32 Å². The van der Waals surface area contributed by atoms with E-state index in [1.165, 1.54) is 0 Å². The Labute approximate surface area is 85.6 Å². The van der Waals surface area contributed by atoms with Crippen molar-refractivity contribution in [1.82, 2.24) is 10.2 Å². The van der Waals surface area contributed by atoms with Crippen LogP contribution < -0.4 is 5.32 Å². The first-order chi connectivity index (χ1) is 6.63. The van der Waals surface area contributed by atoms with Crippen molar-refractivity contribution in [2.45, 2.75) is 38.9 Å².